The third-order valence-electron chi connectivity index (χ3n) is 3.58. The van der Waals surface area contributed by atoms with E-state index in [1.54, 1.807) is 0 Å². The molecule has 0 atom stereocenters. The van der Waals surface area contributed by atoms with Crippen LogP contribution in [0.3, 0.4) is 0 Å². The van der Waals surface area contributed by atoms with Crippen LogP contribution in [0.5, 0.6) is 0 Å². The summed E-state index contributed by atoms with van der Waals surface area (Å²) in [6, 6.07) is 21.8. The highest BCUT2D eigenvalue weighted by molar-refractivity contribution is 5.89. The van der Waals surface area contributed by atoms with E-state index in [2.05, 4.69) is 22.1 Å². The Balaban J connectivity index is 1.90. The Hall–Kier alpha value is -3.01. The van der Waals surface area contributed by atoms with Crippen molar-refractivity contribution >= 4 is 5.91 Å². The van der Waals surface area contributed by atoms with Crippen molar-refractivity contribution in [1.29, 1.82) is 0 Å². The molecule has 0 unspecified atom stereocenters. The minimum Gasteiger partial charge on any atom is -0.363 e. The van der Waals surface area contributed by atoms with Gasteiger partial charge in [0.25, 0.3) is 5.91 Å². The Morgan fingerprint density at radius 2 is 1.52 bits per heavy atom. The predicted octanol–water partition coefficient (Wildman–Crippen LogP) is 3.03. The number of hydrogen-bond acceptors (Lipinski definition) is 3. The summed E-state index contributed by atoms with van der Waals surface area (Å²) in [5.74, 6) is -0.543. The zero-order chi connectivity index (χ0) is 16.1. The average molecular weight is 303 g/mol. The normalized spacial score (nSPS) is 10.4. The van der Waals surface area contributed by atoms with Gasteiger partial charge in [-0.1, -0.05) is 60.7 Å². The van der Waals surface area contributed by atoms with Gasteiger partial charge in [-0.3, -0.25) is 4.79 Å². The van der Waals surface area contributed by atoms with Gasteiger partial charge in [0.2, 0.25) is 5.82 Å². The number of aryl methyl sites for hydroxylation is 2. The summed E-state index contributed by atoms with van der Waals surface area (Å²) < 4.78 is 0. The first-order valence-electron chi connectivity index (χ1n) is 7.49. The van der Waals surface area contributed by atoms with Crippen LogP contribution in [0.25, 0.3) is 11.3 Å². The fraction of sp³-hybridized carbons (Fsp3) is 0.105. The first-order valence-corrected chi connectivity index (χ1v) is 7.49. The summed E-state index contributed by atoms with van der Waals surface area (Å²) in [5, 5.41) is 0. The zero-order valence-electron chi connectivity index (χ0n) is 12.6. The van der Waals surface area contributed by atoms with Gasteiger partial charge in [-0.15, -0.1) is 0 Å². The second-order valence-corrected chi connectivity index (χ2v) is 5.28. The van der Waals surface area contributed by atoms with E-state index in [0.717, 1.165) is 29.8 Å². The SMILES string of the molecule is NC(=O)c1nc(CCc2ccccc2)cc(-c2ccccc2)n1. The highest BCUT2D eigenvalue weighted by Gasteiger charge is 2.10. The second kappa shape index (κ2) is 6.83. The Morgan fingerprint density at radius 1 is 0.870 bits per heavy atom. The van der Waals surface area contributed by atoms with E-state index >= 15 is 0 Å². The zero-order valence-corrected chi connectivity index (χ0v) is 12.6. The van der Waals surface area contributed by atoms with Crippen molar-refractivity contribution < 1.29 is 4.79 Å². The van der Waals surface area contributed by atoms with E-state index in [0.29, 0.717) is 0 Å². The van der Waals surface area contributed by atoms with E-state index in [-0.39, 0.29) is 5.82 Å². The first kappa shape index (κ1) is 14.9. The molecule has 23 heavy (non-hydrogen) atoms. The van der Waals surface area contributed by atoms with Crippen molar-refractivity contribution in [3.63, 3.8) is 0 Å². The number of nitrogens with two attached hydrogens (primary N) is 1. The molecule has 0 bridgehead atoms. The number of hydrogen-bond donors (Lipinski definition) is 1. The van der Waals surface area contributed by atoms with Gasteiger partial charge >= 0.3 is 0 Å². The molecule has 0 aliphatic heterocycles. The van der Waals surface area contributed by atoms with Crippen LogP contribution in [-0.4, -0.2) is 15.9 Å². The van der Waals surface area contributed by atoms with Gasteiger partial charge in [-0.25, -0.2) is 9.97 Å². The molecule has 1 amide bonds. The van der Waals surface area contributed by atoms with Gasteiger partial charge in [0, 0.05) is 11.3 Å². The van der Waals surface area contributed by atoms with Gasteiger partial charge < -0.3 is 5.73 Å². The molecule has 0 aliphatic rings. The predicted molar refractivity (Wildman–Crippen MR) is 89.8 cm³/mol. The summed E-state index contributed by atoms with van der Waals surface area (Å²) in [5.41, 5.74) is 9.08. The van der Waals surface area contributed by atoms with E-state index in [4.69, 9.17) is 5.73 Å². The number of carbonyl (C=O) groups is 1. The molecule has 114 valence electrons. The lowest BCUT2D eigenvalue weighted by atomic mass is 10.1. The van der Waals surface area contributed by atoms with Gasteiger partial charge in [0.1, 0.15) is 0 Å². The maximum Gasteiger partial charge on any atom is 0.286 e. The summed E-state index contributed by atoms with van der Waals surface area (Å²) in [4.78, 5) is 20.1. The van der Waals surface area contributed by atoms with Gasteiger partial charge in [0.15, 0.2) is 0 Å². The minimum absolute atomic E-state index is 0.0643. The number of amides is 1. The van der Waals surface area contributed by atoms with Crippen molar-refractivity contribution in [1.82, 2.24) is 9.97 Å². The number of aromatic nitrogens is 2. The van der Waals surface area contributed by atoms with Crippen LogP contribution in [0.2, 0.25) is 0 Å². The molecule has 1 heterocycles. The molecule has 3 aromatic rings. The molecule has 2 N–H and O–H groups in total. The standard InChI is InChI=1S/C19H17N3O/c20-18(23)19-21-16(12-11-14-7-3-1-4-8-14)13-17(22-19)15-9-5-2-6-10-15/h1-10,13H,11-12H2,(H2,20,23). The lowest BCUT2D eigenvalue weighted by molar-refractivity contribution is 0.0990. The number of primary amides is 1. The Bertz CT molecular complexity index is 801. The van der Waals surface area contributed by atoms with Crippen LogP contribution in [0, 0.1) is 0 Å². The van der Waals surface area contributed by atoms with Gasteiger partial charge in [-0.2, -0.15) is 0 Å². The molecule has 4 nitrogen and oxygen atoms in total. The van der Waals surface area contributed by atoms with Crippen molar-refractivity contribution in [2.24, 2.45) is 5.73 Å². The molecule has 0 saturated heterocycles. The molecule has 0 radical (unpaired) electrons. The van der Waals surface area contributed by atoms with Gasteiger partial charge in [0.05, 0.1) is 5.69 Å². The lowest BCUT2D eigenvalue weighted by Crippen LogP contribution is -2.17. The molecule has 4 heteroatoms. The minimum atomic E-state index is -0.608. The maximum absolute atomic E-state index is 11.5. The Labute approximate surface area is 135 Å². The molecule has 1 aromatic heterocycles. The third-order valence-corrected chi connectivity index (χ3v) is 3.58. The molecular formula is C19H17N3O. The van der Waals surface area contributed by atoms with E-state index in [1.807, 2.05) is 54.6 Å². The van der Waals surface area contributed by atoms with E-state index < -0.39 is 5.91 Å². The second-order valence-electron chi connectivity index (χ2n) is 5.28. The van der Waals surface area contributed by atoms with Crippen LogP contribution in [0.1, 0.15) is 21.9 Å². The topological polar surface area (TPSA) is 68.9 Å². The van der Waals surface area contributed by atoms with Crippen LogP contribution < -0.4 is 5.73 Å². The van der Waals surface area contributed by atoms with Crippen molar-refractivity contribution in [2.45, 2.75) is 12.8 Å². The quantitative estimate of drug-likeness (QED) is 0.787. The largest absolute Gasteiger partial charge is 0.363 e. The van der Waals surface area contributed by atoms with Crippen LogP contribution in [0.4, 0.5) is 0 Å². The summed E-state index contributed by atoms with van der Waals surface area (Å²) >= 11 is 0. The van der Waals surface area contributed by atoms with Crippen molar-refractivity contribution in [3.8, 4) is 11.3 Å². The maximum atomic E-state index is 11.5. The molecular weight excluding hydrogens is 286 g/mol. The molecule has 0 aliphatic carbocycles. The lowest BCUT2D eigenvalue weighted by Gasteiger charge is -2.07. The number of carbonyl (C=O) groups excluding carboxylic acids is 1. The molecule has 0 saturated carbocycles. The Kier molecular flexibility index (Phi) is 4.43. The first-order chi connectivity index (χ1) is 11.2. The van der Waals surface area contributed by atoms with E-state index in [9.17, 15) is 4.79 Å². The van der Waals surface area contributed by atoms with Crippen molar-refractivity contribution in [2.75, 3.05) is 0 Å². The van der Waals surface area contributed by atoms with Gasteiger partial charge in [-0.05, 0) is 24.5 Å². The highest BCUT2D eigenvalue weighted by atomic mass is 16.1. The highest BCUT2D eigenvalue weighted by Crippen LogP contribution is 2.18. The smallest absolute Gasteiger partial charge is 0.286 e. The number of nitrogens with zero attached hydrogens (tertiary/aromatic N) is 2. The van der Waals surface area contributed by atoms with Crippen LogP contribution in [0.15, 0.2) is 66.7 Å². The van der Waals surface area contributed by atoms with E-state index in [1.165, 1.54) is 5.56 Å². The molecule has 0 spiro atoms. The molecule has 3 rings (SSSR count). The third kappa shape index (κ3) is 3.80. The van der Waals surface area contributed by atoms with Crippen LogP contribution in [-0.2, 0) is 12.8 Å². The Morgan fingerprint density at radius 3 is 2.17 bits per heavy atom. The van der Waals surface area contributed by atoms with Crippen molar-refractivity contribution in [3.05, 3.63) is 83.8 Å². The number of benzene rings is 2. The molecule has 0 fully saturated rings. The monoisotopic (exact) mass is 303 g/mol. The summed E-state index contributed by atoms with van der Waals surface area (Å²) in [7, 11) is 0. The fourth-order valence-corrected chi connectivity index (χ4v) is 2.41. The average Bonchev–Trinajstić information content (AvgIpc) is 2.61. The number of rotatable bonds is 5. The summed E-state index contributed by atoms with van der Waals surface area (Å²) in [6.45, 7) is 0. The molecule has 2 aromatic carbocycles. The fourth-order valence-electron chi connectivity index (χ4n) is 2.41. The van der Waals surface area contributed by atoms with Crippen LogP contribution >= 0.6 is 0 Å². The summed E-state index contributed by atoms with van der Waals surface area (Å²) in [6.07, 6.45) is 1.58.